The Morgan fingerprint density at radius 3 is 3.11 bits per heavy atom. The van der Waals surface area contributed by atoms with Crippen molar-refractivity contribution in [2.45, 2.75) is 45.7 Å². The zero-order valence-corrected chi connectivity index (χ0v) is 11.5. The largest absolute Gasteiger partial charge is 0.344 e. The number of fused-ring (bicyclic) bond motifs is 1. The summed E-state index contributed by atoms with van der Waals surface area (Å²) in [7, 11) is 0. The van der Waals surface area contributed by atoms with Crippen molar-refractivity contribution in [3.8, 4) is 0 Å². The highest BCUT2D eigenvalue weighted by Crippen LogP contribution is 2.30. The normalized spacial score (nSPS) is 18.5. The molecule has 0 amide bonds. The molecule has 0 saturated heterocycles. The topological polar surface area (TPSA) is 55.9 Å². The Kier molecular flexibility index (Phi) is 3.38. The van der Waals surface area contributed by atoms with Gasteiger partial charge in [-0.2, -0.15) is 4.98 Å². The summed E-state index contributed by atoms with van der Waals surface area (Å²) in [5.41, 5.74) is 2.89. The molecule has 1 aliphatic carbocycles. The highest BCUT2D eigenvalue weighted by atomic mass is 16.5. The van der Waals surface area contributed by atoms with Crippen LogP contribution in [0.25, 0.3) is 0 Å². The highest BCUT2D eigenvalue weighted by Gasteiger charge is 2.21. The van der Waals surface area contributed by atoms with E-state index in [9.17, 15) is 0 Å². The predicted molar refractivity (Wildman–Crippen MR) is 71.9 cm³/mol. The first-order valence-electron chi connectivity index (χ1n) is 6.97. The molecule has 1 aliphatic rings. The molecule has 1 unspecified atom stereocenters. The minimum absolute atomic E-state index is 0.499. The van der Waals surface area contributed by atoms with Crippen LogP contribution in [-0.4, -0.2) is 21.3 Å². The highest BCUT2D eigenvalue weighted by molar-refractivity contribution is 5.30. The van der Waals surface area contributed by atoms with Crippen LogP contribution < -0.4 is 5.32 Å². The van der Waals surface area contributed by atoms with Crippen molar-refractivity contribution in [3.05, 3.63) is 35.2 Å². The van der Waals surface area contributed by atoms with Crippen molar-refractivity contribution in [1.29, 1.82) is 0 Å². The monoisotopic (exact) mass is 260 g/mol. The van der Waals surface area contributed by atoms with Crippen molar-refractivity contribution in [1.82, 2.24) is 20.0 Å². The third-order valence-electron chi connectivity index (χ3n) is 3.65. The summed E-state index contributed by atoms with van der Waals surface area (Å²) in [4.78, 5) is 4.25. The quantitative estimate of drug-likeness (QED) is 0.915. The molecule has 0 fully saturated rings. The lowest BCUT2D eigenvalue weighted by atomic mass is 9.91. The lowest BCUT2D eigenvalue weighted by Gasteiger charge is -2.22. The molecule has 1 atom stereocenters. The van der Waals surface area contributed by atoms with Gasteiger partial charge in [0.25, 0.3) is 0 Å². The molecule has 19 heavy (non-hydrogen) atoms. The fourth-order valence-electron chi connectivity index (χ4n) is 2.86. The molecular weight excluding hydrogens is 240 g/mol. The van der Waals surface area contributed by atoms with Crippen molar-refractivity contribution < 1.29 is 4.52 Å². The molecule has 0 aromatic carbocycles. The van der Waals surface area contributed by atoms with Crippen molar-refractivity contribution in [3.63, 3.8) is 0 Å². The summed E-state index contributed by atoms with van der Waals surface area (Å²) in [6, 6.07) is 0.499. The van der Waals surface area contributed by atoms with Crippen molar-refractivity contribution in [2.75, 3.05) is 6.54 Å². The van der Waals surface area contributed by atoms with E-state index in [-0.39, 0.29) is 0 Å². The Bertz CT molecular complexity index is 558. The van der Waals surface area contributed by atoms with Crippen LogP contribution >= 0.6 is 0 Å². The number of nitrogens with zero attached hydrogens (tertiary/aromatic N) is 3. The third kappa shape index (κ3) is 2.56. The van der Waals surface area contributed by atoms with E-state index >= 15 is 0 Å². The van der Waals surface area contributed by atoms with Gasteiger partial charge in [0.05, 0.1) is 0 Å². The zero-order valence-electron chi connectivity index (χ0n) is 11.5. The molecule has 0 saturated carbocycles. The summed E-state index contributed by atoms with van der Waals surface area (Å²) < 4.78 is 7.34. The number of rotatable bonds is 4. The maximum atomic E-state index is 5.18. The van der Waals surface area contributed by atoms with Crippen LogP contribution in [0.2, 0.25) is 0 Å². The smallest absolute Gasteiger partial charge is 0.246 e. The number of hydrogen-bond donors (Lipinski definition) is 1. The summed E-state index contributed by atoms with van der Waals surface area (Å²) in [5, 5.41) is 7.38. The first-order valence-corrected chi connectivity index (χ1v) is 6.97. The van der Waals surface area contributed by atoms with Crippen LogP contribution in [0.5, 0.6) is 0 Å². The number of aromatic nitrogens is 3. The van der Waals surface area contributed by atoms with Gasteiger partial charge in [-0.1, -0.05) is 12.1 Å². The molecule has 5 nitrogen and oxygen atoms in total. The average Bonchev–Trinajstić information content (AvgIpc) is 2.97. The second-order valence-electron chi connectivity index (χ2n) is 5.15. The third-order valence-corrected chi connectivity index (χ3v) is 3.65. The molecule has 2 aromatic rings. The van der Waals surface area contributed by atoms with E-state index in [0.29, 0.717) is 24.3 Å². The van der Waals surface area contributed by atoms with Crippen LogP contribution in [0.1, 0.15) is 48.6 Å². The van der Waals surface area contributed by atoms with E-state index in [1.807, 2.05) is 6.92 Å². The van der Waals surface area contributed by atoms with Crippen LogP contribution in [-0.2, 0) is 13.0 Å². The van der Waals surface area contributed by atoms with Gasteiger partial charge >= 0.3 is 0 Å². The minimum atomic E-state index is 0.499. The Hall–Kier alpha value is -1.62. The Labute approximate surface area is 113 Å². The predicted octanol–water partition coefficient (Wildman–Crippen LogP) is 2.21. The molecule has 0 bridgehead atoms. The summed E-state index contributed by atoms with van der Waals surface area (Å²) >= 11 is 0. The van der Waals surface area contributed by atoms with E-state index in [1.54, 1.807) is 0 Å². The number of hydrogen-bond acceptors (Lipinski definition) is 4. The molecule has 0 spiro atoms. The zero-order chi connectivity index (χ0) is 13.2. The molecule has 2 heterocycles. The van der Waals surface area contributed by atoms with E-state index in [4.69, 9.17) is 4.52 Å². The van der Waals surface area contributed by atoms with Crippen molar-refractivity contribution >= 4 is 0 Å². The van der Waals surface area contributed by atoms with Gasteiger partial charge < -0.3 is 14.4 Å². The Morgan fingerprint density at radius 1 is 1.47 bits per heavy atom. The molecule has 102 valence electrons. The van der Waals surface area contributed by atoms with E-state index in [1.165, 1.54) is 30.4 Å². The lowest BCUT2D eigenvalue weighted by Crippen LogP contribution is -2.23. The van der Waals surface area contributed by atoms with E-state index in [0.717, 1.165) is 6.54 Å². The lowest BCUT2D eigenvalue weighted by molar-refractivity contribution is 0.367. The first-order chi connectivity index (χ1) is 9.26. The molecule has 1 N–H and O–H groups in total. The van der Waals surface area contributed by atoms with Gasteiger partial charge in [-0.3, -0.25) is 0 Å². The van der Waals surface area contributed by atoms with E-state index < -0.39 is 0 Å². The SMILES string of the molecule is CCNC1CCCc2cn(Cc3nc(C)no3)cc21. The molecule has 3 rings (SSSR count). The van der Waals surface area contributed by atoms with Crippen LogP contribution in [0.4, 0.5) is 0 Å². The van der Waals surface area contributed by atoms with E-state index in [2.05, 4.69) is 39.3 Å². The second-order valence-corrected chi connectivity index (χ2v) is 5.15. The maximum absolute atomic E-state index is 5.18. The number of aryl methyl sites for hydroxylation is 2. The van der Waals surface area contributed by atoms with Gasteiger partial charge in [0.1, 0.15) is 6.54 Å². The standard InChI is InChI=1S/C14H20N4O/c1-3-15-13-6-4-5-11-7-18(8-12(11)13)9-14-16-10(2)17-19-14/h7-8,13,15H,3-6,9H2,1-2H3. The maximum Gasteiger partial charge on any atom is 0.246 e. The fraction of sp³-hybridized carbons (Fsp3) is 0.571. The molecule has 0 radical (unpaired) electrons. The fourth-order valence-corrected chi connectivity index (χ4v) is 2.86. The number of nitrogens with one attached hydrogen (secondary N) is 1. The average molecular weight is 260 g/mol. The summed E-state index contributed by atoms with van der Waals surface area (Å²) in [6.07, 6.45) is 8.10. The molecule has 2 aromatic heterocycles. The van der Waals surface area contributed by atoms with Crippen LogP contribution in [0.15, 0.2) is 16.9 Å². The summed E-state index contributed by atoms with van der Waals surface area (Å²) in [5.74, 6) is 1.36. The van der Waals surface area contributed by atoms with Gasteiger partial charge in [-0.15, -0.1) is 0 Å². The summed E-state index contributed by atoms with van der Waals surface area (Å²) in [6.45, 7) is 5.67. The molecule has 5 heteroatoms. The van der Waals surface area contributed by atoms with Crippen LogP contribution in [0.3, 0.4) is 0 Å². The first kappa shape index (κ1) is 12.4. The van der Waals surface area contributed by atoms with Gasteiger partial charge in [0, 0.05) is 18.4 Å². The van der Waals surface area contributed by atoms with Crippen LogP contribution in [0, 0.1) is 6.92 Å². The van der Waals surface area contributed by atoms with Gasteiger partial charge in [-0.25, -0.2) is 0 Å². The Balaban J connectivity index is 1.81. The Morgan fingerprint density at radius 2 is 2.37 bits per heavy atom. The van der Waals surface area contributed by atoms with Gasteiger partial charge in [0.15, 0.2) is 5.82 Å². The second kappa shape index (κ2) is 5.17. The van der Waals surface area contributed by atoms with Gasteiger partial charge in [-0.05, 0) is 43.9 Å². The van der Waals surface area contributed by atoms with Gasteiger partial charge in [0.2, 0.25) is 5.89 Å². The minimum Gasteiger partial charge on any atom is -0.344 e. The molecule has 0 aliphatic heterocycles. The molecular formula is C14H20N4O. The van der Waals surface area contributed by atoms with Crippen molar-refractivity contribution in [2.24, 2.45) is 0 Å².